The molecule has 0 aromatic carbocycles. The first kappa shape index (κ1) is 11.4. The minimum absolute atomic E-state index is 0.0595. The summed E-state index contributed by atoms with van der Waals surface area (Å²) in [5, 5.41) is 0. The number of nitrogens with zero attached hydrogens (tertiary/aromatic N) is 1. The van der Waals surface area contributed by atoms with Gasteiger partial charge in [0.25, 0.3) is 0 Å². The van der Waals surface area contributed by atoms with E-state index < -0.39 is 0 Å². The van der Waals surface area contributed by atoms with E-state index in [4.69, 9.17) is 4.74 Å². The standard InChI is InChI=1S/C14H21NO/c1-13(2,3)10-7-9-15-11-6-8-14(4,5)16-12(10)11/h7,9H,6,8H2,1-5H3. The molecule has 0 radical (unpaired) electrons. The van der Waals surface area contributed by atoms with Crippen LogP contribution in [0.4, 0.5) is 0 Å². The van der Waals surface area contributed by atoms with E-state index in [0.717, 1.165) is 24.3 Å². The van der Waals surface area contributed by atoms with Crippen LogP contribution in [0, 0.1) is 0 Å². The predicted octanol–water partition coefficient (Wildman–Crippen LogP) is 3.48. The molecule has 1 aliphatic heterocycles. The van der Waals surface area contributed by atoms with Crippen LogP contribution < -0.4 is 4.74 Å². The molecule has 0 unspecified atom stereocenters. The molecular formula is C14H21NO. The molecule has 0 saturated carbocycles. The summed E-state index contributed by atoms with van der Waals surface area (Å²) in [6.45, 7) is 10.9. The lowest BCUT2D eigenvalue weighted by Crippen LogP contribution is -2.34. The quantitative estimate of drug-likeness (QED) is 0.666. The maximum absolute atomic E-state index is 6.11. The summed E-state index contributed by atoms with van der Waals surface area (Å²) >= 11 is 0. The molecule has 2 heterocycles. The normalized spacial score (nSPS) is 18.8. The summed E-state index contributed by atoms with van der Waals surface area (Å²) in [6, 6.07) is 2.08. The second kappa shape index (κ2) is 3.47. The van der Waals surface area contributed by atoms with Crippen molar-refractivity contribution in [3.63, 3.8) is 0 Å². The summed E-state index contributed by atoms with van der Waals surface area (Å²) < 4.78 is 6.11. The lowest BCUT2D eigenvalue weighted by molar-refractivity contribution is 0.0803. The first-order chi connectivity index (χ1) is 7.30. The number of hydrogen-bond acceptors (Lipinski definition) is 2. The number of hydrogen-bond donors (Lipinski definition) is 0. The number of aryl methyl sites for hydroxylation is 1. The maximum atomic E-state index is 6.11. The van der Waals surface area contributed by atoms with Crippen molar-refractivity contribution in [3.05, 3.63) is 23.5 Å². The average molecular weight is 219 g/mol. The van der Waals surface area contributed by atoms with Crippen molar-refractivity contribution in [1.29, 1.82) is 0 Å². The van der Waals surface area contributed by atoms with Crippen LogP contribution in [0.1, 0.15) is 52.3 Å². The maximum Gasteiger partial charge on any atom is 0.145 e. The number of ether oxygens (including phenoxy) is 1. The minimum atomic E-state index is -0.0595. The zero-order valence-electron chi connectivity index (χ0n) is 10.9. The van der Waals surface area contributed by atoms with Crippen LogP contribution in [0.15, 0.2) is 12.3 Å². The van der Waals surface area contributed by atoms with Gasteiger partial charge >= 0.3 is 0 Å². The highest BCUT2D eigenvalue weighted by Gasteiger charge is 2.31. The van der Waals surface area contributed by atoms with Gasteiger partial charge in [0, 0.05) is 11.8 Å². The van der Waals surface area contributed by atoms with Crippen molar-refractivity contribution >= 4 is 0 Å². The van der Waals surface area contributed by atoms with E-state index in [1.165, 1.54) is 5.56 Å². The van der Waals surface area contributed by atoms with Crippen LogP contribution in [-0.2, 0) is 11.8 Å². The van der Waals surface area contributed by atoms with Gasteiger partial charge in [-0.05, 0) is 38.2 Å². The highest BCUT2D eigenvalue weighted by atomic mass is 16.5. The molecule has 88 valence electrons. The van der Waals surface area contributed by atoms with Gasteiger partial charge in [-0.25, -0.2) is 0 Å². The molecule has 0 aliphatic carbocycles. The Morgan fingerprint density at radius 1 is 1.31 bits per heavy atom. The molecule has 0 amide bonds. The fourth-order valence-corrected chi connectivity index (χ4v) is 2.12. The van der Waals surface area contributed by atoms with E-state index in [-0.39, 0.29) is 11.0 Å². The van der Waals surface area contributed by atoms with Crippen molar-refractivity contribution < 1.29 is 4.74 Å². The Kier molecular flexibility index (Phi) is 2.48. The third kappa shape index (κ3) is 2.06. The molecule has 2 heteroatoms. The Morgan fingerprint density at radius 3 is 2.62 bits per heavy atom. The van der Waals surface area contributed by atoms with Crippen molar-refractivity contribution in [2.75, 3.05) is 0 Å². The van der Waals surface area contributed by atoms with Crippen molar-refractivity contribution in [2.24, 2.45) is 0 Å². The molecule has 0 fully saturated rings. The predicted molar refractivity (Wildman–Crippen MR) is 66.0 cm³/mol. The highest BCUT2D eigenvalue weighted by Crippen LogP contribution is 2.39. The molecule has 0 saturated heterocycles. The minimum Gasteiger partial charge on any atom is -0.486 e. The first-order valence-electron chi connectivity index (χ1n) is 5.97. The summed E-state index contributed by atoms with van der Waals surface area (Å²) in [5.74, 6) is 1.02. The molecule has 16 heavy (non-hydrogen) atoms. The molecule has 2 nitrogen and oxygen atoms in total. The van der Waals surface area contributed by atoms with E-state index in [2.05, 4.69) is 45.7 Å². The summed E-state index contributed by atoms with van der Waals surface area (Å²) in [5.41, 5.74) is 2.44. The van der Waals surface area contributed by atoms with Gasteiger partial charge in [0.05, 0.1) is 5.69 Å². The number of fused-ring (bicyclic) bond motifs is 1. The van der Waals surface area contributed by atoms with E-state index in [1.54, 1.807) is 0 Å². The lowest BCUT2D eigenvalue weighted by Gasteiger charge is -2.35. The Balaban J connectivity index is 2.51. The zero-order valence-corrected chi connectivity index (χ0v) is 10.9. The number of aromatic nitrogens is 1. The van der Waals surface area contributed by atoms with Gasteiger partial charge < -0.3 is 4.74 Å². The summed E-state index contributed by atoms with van der Waals surface area (Å²) in [7, 11) is 0. The van der Waals surface area contributed by atoms with Crippen molar-refractivity contribution in [3.8, 4) is 5.75 Å². The van der Waals surface area contributed by atoms with E-state index >= 15 is 0 Å². The topological polar surface area (TPSA) is 22.1 Å². The third-order valence-corrected chi connectivity index (χ3v) is 3.13. The van der Waals surface area contributed by atoms with Gasteiger partial charge in [-0.3, -0.25) is 4.98 Å². The molecule has 1 aliphatic rings. The number of rotatable bonds is 0. The van der Waals surface area contributed by atoms with Crippen LogP contribution in [0.2, 0.25) is 0 Å². The zero-order chi connectivity index (χ0) is 12.0. The van der Waals surface area contributed by atoms with Gasteiger partial charge in [0.2, 0.25) is 0 Å². The van der Waals surface area contributed by atoms with E-state index in [9.17, 15) is 0 Å². The van der Waals surface area contributed by atoms with Crippen molar-refractivity contribution in [1.82, 2.24) is 4.98 Å². The Hall–Kier alpha value is -1.05. The first-order valence-corrected chi connectivity index (χ1v) is 5.97. The molecule has 1 aromatic heterocycles. The van der Waals surface area contributed by atoms with Gasteiger partial charge in [0.15, 0.2) is 0 Å². The molecule has 0 atom stereocenters. The second-order valence-corrected chi connectivity index (χ2v) is 6.25. The fraction of sp³-hybridized carbons (Fsp3) is 0.643. The van der Waals surface area contributed by atoms with Crippen LogP contribution in [-0.4, -0.2) is 10.6 Å². The Morgan fingerprint density at radius 2 is 2.00 bits per heavy atom. The molecular weight excluding hydrogens is 198 g/mol. The Labute approximate surface area is 98.0 Å². The van der Waals surface area contributed by atoms with E-state index in [1.807, 2.05) is 6.20 Å². The monoisotopic (exact) mass is 219 g/mol. The molecule has 0 N–H and O–H groups in total. The molecule has 1 aromatic rings. The van der Waals surface area contributed by atoms with Gasteiger partial charge in [-0.1, -0.05) is 20.8 Å². The molecule has 0 spiro atoms. The van der Waals surface area contributed by atoms with Crippen LogP contribution >= 0.6 is 0 Å². The van der Waals surface area contributed by atoms with Crippen molar-refractivity contribution in [2.45, 2.75) is 58.5 Å². The van der Waals surface area contributed by atoms with Gasteiger partial charge in [0.1, 0.15) is 11.4 Å². The molecule has 2 rings (SSSR count). The average Bonchev–Trinajstić information content (AvgIpc) is 2.13. The fourth-order valence-electron chi connectivity index (χ4n) is 2.12. The SMILES string of the molecule is CC1(C)CCc2nccc(C(C)(C)C)c2O1. The van der Waals surface area contributed by atoms with E-state index in [0.29, 0.717) is 0 Å². The Bertz CT molecular complexity index is 402. The number of pyridine rings is 1. The largest absolute Gasteiger partial charge is 0.486 e. The van der Waals surface area contributed by atoms with Crippen LogP contribution in [0.5, 0.6) is 5.75 Å². The lowest BCUT2D eigenvalue weighted by atomic mass is 9.84. The highest BCUT2D eigenvalue weighted by molar-refractivity contribution is 5.43. The smallest absolute Gasteiger partial charge is 0.145 e. The third-order valence-electron chi connectivity index (χ3n) is 3.13. The summed E-state index contributed by atoms with van der Waals surface area (Å²) in [4.78, 5) is 4.43. The molecule has 0 bridgehead atoms. The van der Waals surface area contributed by atoms with Gasteiger partial charge in [-0.15, -0.1) is 0 Å². The summed E-state index contributed by atoms with van der Waals surface area (Å²) in [6.07, 6.45) is 3.97. The van der Waals surface area contributed by atoms with Gasteiger partial charge in [-0.2, -0.15) is 0 Å². The second-order valence-electron chi connectivity index (χ2n) is 6.25. The van der Waals surface area contributed by atoms with Crippen LogP contribution in [0.3, 0.4) is 0 Å². The van der Waals surface area contributed by atoms with Crippen LogP contribution in [0.25, 0.3) is 0 Å².